The molecule has 4 unspecified atom stereocenters. The molecule has 0 saturated carbocycles. The van der Waals surface area contributed by atoms with Gasteiger partial charge in [0, 0.05) is 30.1 Å². The lowest BCUT2D eigenvalue weighted by atomic mass is 10.0. The monoisotopic (exact) mass is 578 g/mol. The number of carbonyl (C=O) groups excluding carboxylic acids is 3. The molecule has 13 heteroatoms. The van der Waals surface area contributed by atoms with Crippen LogP contribution in [-0.2, 0) is 32.0 Å². The normalized spacial score (nSPS) is 13.8. The van der Waals surface area contributed by atoms with E-state index in [1.165, 1.54) is 6.92 Å². The number of hydrogen-bond acceptors (Lipinski definition) is 6. The second-order valence-corrected chi connectivity index (χ2v) is 10.00. The first-order valence-electron chi connectivity index (χ1n) is 13.6. The summed E-state index contributed by atoms with van der Waals surface area (Å²) in [6.07, 6.45) is 2.53. The van der Waals surface area contributed by atoms with Crippen molar-refractivity contribution in [2.75, 3.05) is 6.54 Å². The van der Waals surface area contributed by atoms with Gasteiger partial charge in [0.2, 0.25) is 17.7 Å². The maximum atomic E-state index is 13.2. The molecule has 3 aromatic rings. The number of H-pyrrole nitrogens is 1. The van der Waals surface area contributed by atoms with Gasteiger partial charge in [-0.15, -0.1) is 0 Å². The Bertz CT molecular complexity index is 1400. The van der Waals surface area contributed by atoms with Crippen LogP contribution in [0.25, 0.3) is 10.9 Å². The third kappa shape index (κ3) is 9.34. The molecular weight excluding hydrogens is 540 g/mol. The van der Waals surface area contributed by atoms with Crippen molar-refractivity contribution in [2.45, 2.75) is 56.8 Å². The molecule has 0 bridgehead atoms. The van der Waals surface area contributed by atoms with Crippen LogP contribution in [0.3, 0.4) is 0 Å². The van der Waals surface area contributed by atoms with E-state index in [-0.39, 0.29) is 31.8 Å². The Kier molecular flexibility index (Phi) is 11.4. The van der Waals surface area contributed by atoms with E-state index in [9.17, 15) is 24.3 Å². The van der Waals surface area contributed by atoms with Crippen molar-refractivity contribution in [3.63, 3.8) is 0 Å². The van der Waals surface area contributed by atoms with Gasteiger partial charge in [-0.25, -0.2) is 4.79 Å². The number of hydrogen-bond donors (Lipinski definition) is 8. The molecule has 13 nitrogen and oxygen atoms in total. The molecule has 0 spiro atoms. The Morgan fingerprint density at radius 3 is 2.24 bits per heavy atom. The third-order valence-electron chi connectivity index (χ3n) is 6.68. The Labute approximate surface area is 243 Å². The Hall–Kier alpha value is -4.91. The fourth-order valence-corrected chi connectivity index (χ4v) is 4.41. The summed E-state index contributed by atoms with van der Waals surface area (Å²) in [6.45, 7) is 1.68. The van der Waals surface area contributed by atoms with Crippen molar-refractivity contribution in [3.05, 3.63) is 71.9 Å². The summed E-state index contributed by atoms with van der Waals surface area (Å²) < 4.78 is 0. The number of carbonyl (C=O) groups is 4. The van der Waals surface area contributed by atoms with Crippen molar-refractivity contribution in [1.29, 1.82) is 0 Å². The summed E-state index contributed by atoms with van der Waals surface area (Å²) in [5.74, 6) is -3.19. The van der Waals surface area contributed by atoms with E-state index in [1.807, 2.05) is 30.3 Å². The maximum absolute atomic E-state index is 13.2. The molecule has 2 aromatic carbocycles. The fraction of sp³-hybridized carbons (Fsp3) is 0.345. The minimum atomic E-state index is -1.23. The zero-order chi connectivity index (χ0) is 30.6. The number of benzene rings is 2. The molecule has 0 aliphatic heterocycles. The number of carboxylic acid groups (broad SMARTS) is 1. The van der Waals surface area contributed by atoms with Crippen molar-refractivity contribution < 1.29 is 24.3 Å². The first-order valence-corrected chi connectivity index (χ1v) is 13.6. The average Bonchev–Trinajstić information content (AvgIpc) is 3.36. The van der Waals surface area contributed by atoms with Gasteiger partial charge in [-0.05, 0) is 43.4 Å². The molecular formula is C29H38N8O5. The topological polar surface area (TPSA) is 231 Å². The summed E-state index contributed by atoms with van der Waals surface area (Å²) in [6, 6.07) is 12.3. The van der Waals surface area contributed by atoms with Crippen molar-refractivity contribution >= 4 is 40.6 Å². The number of rotatable bonds is 15. The molecule has 0 aliphatic carbocycles. The molecule has 0 aliphatic rings. The lowest BCUT2D eigenvalue weighted by molar-refractivity contribution is -0.142. The predicted molar refractivity (Wildman–Crippen MR) is 159 cm³/mol. The van der Waals surface area contributed by atoms with Crippen LogP contribution < -0.4 is 33.2 Å². The minimum Gasteiger partial charge on any atom is -0.480 e. The summed E-state index contributed by atoms with van der Waals surface area (Å²) in [7, 11) is 0. The lowest BCUT2D eigenvalue weighted by Crippen LogP contribution is -2.57. The van der Waals surface area contributed by atoms with Gasteiger partial charge in [-0.3, -0.25) is 19.4 Å². The summed E-state index contributed by atoms with van der Waals surface area (Å²) in [5, 5.41) is 18.3. The molecule has 1 aromatic heterocycles. The molecule has 3 rings (SSSR count). The van der Waals surface area contributed by atoms with Gasteiger partial charge in [0.25, 0.3) is 0 Å². The highest BCUT2D eigenvalue weighted by Crippen LogP contribution is 2.18. The number of aromatic nitrogens is 1. The summed E-state index contributed by atoms with van der Waals surface area (Å²) in [4.78, 5) is 57.9. The number of nitrogens with two attached hydrogens (primary N) is 3. The van der Waals surface area contributed by atoms with Gasteiger partial charge in [-0.2, -0.15) is 0 Å². The Morgan fingerprint density at radius 2 is 1.55 bits per heavy atom. The number of aromatic amines is 1. The zero-order valence-electron chi connectivity index (χ0n) is 23.4. The second kappa shape index (κ2) is 15.2. The maximum Gasteiger partial charge on any atom is 0.326 e. The largest absolute Gasteiger partial charge is 0.480 e. The molecule has 0 radical (unpaired) electrons. The molecule has 0 saturated heterocycles. The van der Waals surface area contributed by atoms with Gasteiger partial charge < -0.3 is 43.2 Å². The zero-order valence-corrected chi connectivity index (χ0v) is 23.4. The number of guanidine groups is 1. The number of para-hydroxylation sites is 1. The number of nitrogens with one attached hydrogen (secondary N) is 4. The van der Waals surface area contributed by atoms with Gasteiger partial charge >= 0.3 is 5.97 Å². The molecule has 3 amide bonds. The molecule has 11 N–H and O–H groups in total. The lowest BCUT2D eigenvalue weighted by Gasteiger charge is -2.24. The number of aliphatic imine (C=N–C) groups is 1. The highest BCUT2D eigenvalue weighted by Gasteiger charge is 2.29. The van der Waals surface area contributed by atoms with Crippen LogP contribution in [0.5, 0.6) is 0 Å². The quantitative estimate of drug-likeness (QED) is 0.0687. The fourth-order valence-electron chi connectivity index (χ4n) is 4.41. The Balaban J connectivity index is 1.63. The smallest absolute Gasteiger partial charge is 0.326 e. The van der Waals surface area contributed by atoms with E-state index >= 15 is 0 Å². The number of amides is 3. The van der Waals surface area contributed by atoms with Gasteiger partial charge in [0.1, 0.15) is 18.1 Å². The van der Waals surface area contributed by atoms with Crippen LogP contribution in [0.4, 0.5) is 0 Å². The van der Waals surface area contributed by atoms with Crippen molar-refractivity contribution in [1.82, 2.24) is 20.9 Å². The Morgan fingerprint density at radius 1 is 0.881 bits per heavy atom. The number of aliphatic carboxylic acids is 1. The molecule has 1 heterocycles. The van der Waals surface area contributed by atoms with E-state index in [1.54, 1.807) is 30.5 Å². The van der Waals surface area contributed by atoms with E-state index < -0.39 is 47.9 Å². The first kappa shape index (κ1) is 31.6. The van der Waals surface area contributed by atoms with E-state index in [2.05, 4.69) is 25.9 Å². The molecule has 42 heavy (non-hydrogen) atoms. The summed E-state index contributed by atoms with van der Waals surface area (Å²) >= 11 is 0. The number of nitrogens with zero attached hydrogens (tertiary/aromatic N) is 1. The van der Waals surface area contributed by atoms with Crippen LogP contribution >= 0.6 is 0 Å². The summed E-state index contributed by atoms with van der Waals surface area (Å²) in [5.41, 5.74) is 19.3. The van der Waals surface area contributed by atoms with Gasteiger partial charge in [0.05, 0.1) is 6.04 Å². The SMILES string of the molecule is CC(NC(=O)C(N)Cc1c[nH]c2ccccc12)C(=O)NC(Cc1ccccc1)C(=O)NC(CCCN=C(N)N)C(=O)O. The number of carboxylic acids is 1. The van der Waals surface area contributed by atoms with Crippen molar-refractivity contribution in [3.8, 4) is 0 Å². The van der Waals surface area contributed by atoms with Crippen LogP contribution in [0.15, 0.2) is 65.8 Å². The van der Waals surface area contributed by atoms with Crippen LogP contribution in [0.1, 0.15) is 30.9 Å². The minimum absolute atomic E-state index is 0.0740. The average molecular weight is 579 g/mol. The molecule has 224 valence electrons. The number of fused-ring (bicyclic) bond motifs is 1. The third-order valence-corrected chi connectivity index (χ3v) is 6.68. The van der Waals surface area contributed by atoms with Crippen molar-refractivity contribution in [2.24, 2.45) is 22.2 Å². The highest BCUT2D eigenvalue weighted by atomic mass is 16.4. The highest BCUT2D eigenvalue weighted by molar-refractivity contribution is 5.94. The van der Waals surface area contributed by atoms with E-state index in [0.717, 1.165) is 22.0 Å². The van der Waals surface area contributed by atoms with Gasteiger partial charge in [-0.1, -0.05) is 48.5 Å². The second-order valence-electron chi connectivity index (χ2n) is 10.00. The van der Waals surface area contributed by atoms with Crippen LogP contribution in [0, 0.1) is 0 Å². The van der Waals surface area contributed by atoms with Crippen LogP contribution in [0.2, 0.25) is 0 Å². The predicted octanol–water partition coefficient (Wildman–Crippen LogP) is -0.107. The molecule has 0 fully saturated rings. The first-order chi connectivity index (χ1) is 20.0. The van der Waals surface area contributed by atoms with E-state index in [0.29, 0.717) is 6.42 Å². The molecule has 4 atom stereocenters. The van der Waals surface area contributed by atoms with E-state index in [4.69, 9.17) is 17.2 Å². The standard InChI is InChI=1S/C29H38N8O5/c1-17(35-26(39)21(30)15-19-16-34-22-11-6-5-10-20(19)22)25(38)37-24(14-18-8-3-2-4-9-18)27(40)36-23(28(41)42)12-7-13-33-29(31)32/h2-6,8-11,16-17,21,23-24,34H,7,12-15,30H2,1H3,(H,35,39)(H,36,40)(H,37,38)(H,41,42)(H4,31,32,33). The van der Waals surface area contributed by atoms with Gasteiger partial charge in [0.15, 0.2) is 5.96 Å². The van der Waals surface area contributed by atoms with Crippen LogP contribution in [-0.4, -0.2) is 70.5 Å².